The Balaban J connectivity index is 2.72. The van der Waals surface area contributed by atoms with Crippen LogP contribution in [0.1, 0.15) is 15.9 Å². The SMILES string of the molecule is CNCCc1ccccc1C(=O)NCC(F)(F)C(F)F. The van der Waals surface area contributed by atoms with Crippen molar-refractivity contribution >= 4 is 5.91 Å². The quantitative estimate of drug-likeness (QED) is 0.756. The molecule has 20 heavy (non-hydrogen) atoms. The zero-order valence-corrected chi connectivity index (χ0v) is 10.9. The van der Waals surface area contributed by atoms with Gasteiger partial charge in [-0.05, 0) is 31.6 Å². The molecule has 1 amide bonds. The van der Waals surface area contributed by atoms with Gasteiger partial charge in [-0.2, -0.15) is 8.78 Å². The normalized spacial score (nSPS) is 11.7. The Morgan fingerprint density at radius 3 is 2.55 bits per heavy atom. The number of alkyl halides is 4. The number of carbonyl (C=O) groups is 1. The summed E-state index contributed by atoms with van der Waals surface area (Å²) in [7, 11) is 1.74. The van der Waals surface area contributed by atoms with E-state index in [1.807, 2.05) is 5.32 Å². The maximum Gasteiger partial charge on any atom is 0.324 e. The van der Waals surface area contributed by atoms with Crippen LogP contribution in [0.5, 0.6) is 0 Å². The molecule has 0 heterocycles. The zero-order chi connectivity index (χ0) is 15.2. The summed E-state index contributed by atoms with van der Waals surface area (Å²) < 4.78 is 49.5. The van der Waals surface area contributed by atoms with E-state index in [0.29, 0.717) is 18.5 Å². The number of nitrogens with one attached hydrogen (secondary N) is 2. The Morgan fingerprint density at radius 2 is 1.95 bits per heavy atom. The molecule has 0 aliphatic heterocycles. The third-order valence-electron chi connectivity index (χ3n) is 2.71. The van der Waals surface area contributed by atoms with Crippen LogP contribution >= 0.6 is 0 Å². The van der Waals surface area contributed by atoms with Gasteiger partial charge in [0.05, 0.1) is 6.54 Å². The van der Waals surface area contributed by atoms with Crippen LogP contribution in [0.4, 0.5) is 17.6 Å². The largest absolute Gasteiger partial charge is 0.346 e. The van der Waals surface area contributed by atoms with Gasteiger partial charge in [-0.3, -0.25) is 4.79 Å². The third-order valence-corrected chi connectivity index (χ3v) is 2.71. The molecule has 0 bridgehead atoms. The Kier molecular flexibility index (Phi) is 5.94. The lowest BCUT2D eigenvalue weighted by Gasteiger charge is -2.16. The maximum atomic E-state index is 12.8. The highest BCUT2D eigenvalue weighted by Gasteiger charge is 2.40. The van der Waals surface area contributed by atoms with E-state index >= 15 is 0 Å². The van der Waals surface area contributed by atoms with E-state index in [0.717, 1.165) is 0 Å². The average Bonchev–Trinajstić information content (AvgIpc) is 2.42. The van der Waals surface area contributed by atoms with Crippen LogP contribution in [0, 0.1) is 0 Å². The molecule has 1 aromatic carbocycles. The van der Waals surface area contributed by atoms with Crippen molar-refractivity contribution in [1.29, 1.82) is 0 Å². The molecule has 0 aliphatic carbocycles. The van der Waals surface area contributed by atoms with Gasteiger partial charge in [0.15, 0.2) is 0 Å². The van der Waals surface area contributed by atoms with Crippen molar-refractivity contribution in [2.45, 2.75) is 18.8 Å². The monoisotopic (exact) mass is 292 g/mol. The first-order chi connectivity index (χ1) is 9.38. The van der Waals surface area contributed by atoms with Crippen molar-refractivity contribution in [1.82, 2.24) is 10.6 Å². The van der Waals surface area contributed by atoms with Crippen LogP contribution < -0.4 is 10.6 Å². The summed E-state index contributed by atoms with van der Waals surface area (Å²) in [6.07, 6.45) is -3.27. The number of hydrogen-bond acceptors (Lipinski definition) is 2. The molecule has 112 valence electrons. The molecule has 0 atom stereocenters. The molecule has 0 aliphatic rings. The van der Waals surface area contributed by atoms with Crippen molar-refractivity contribution in [3.05, 3.63) is 35.4 Å². The van der Waals surface area contributed by atoms with Crippen LogP contribution in [-0.2, 0) is 6.42 Å². The molecular formula is C13H16F4N2O. The second-order valence-electron chi connectivity index (χ2n) is 4.26. The second-order valence-corrected chi connectivity index (χ2v) is 4.26. The highest BCUT2D eigenvalue weighted by molar-refractivity contribution is 5.95. The van der Waals surface area contributed by atoms with Gasteiger partial charge in [0, 0.05) is 5.56 Å². The summed E-state index contributed by atoms with van der Waals surface area (Å²) in [5, 5.41) is 4.75. The van der Waals surface area contributed by atoms with Crippen molar-refractivity contribution < 1.29 is 22.4 Å². The standard InChI is InChI=1S/C13H16F4N2O/c1-18-7-6-9-4-2-3-5-10(9)11(20)19-8-13(16,17)12(14)15/h2-5,12,18H,6-8H2,1H3,(H,19,20). The lowest BCUT2D eigenvalue weighted by atomic mass is 10.0. The topological polar surface area (TPSA) is 41.1 Å². The highest BCUT2D eigenvalue weighted by atomic mass is 19.3. The summed E-state index contributed by atoms with van der Waals surface area (Å²) in [6, 6.07) is 6.47. The number of benzene rings is 1. The van der Waals surface area contributed by atoms with Crippen molar-refractivity contribution in [3.63, 3.8) is 0 Å². The summed E-state index contributed by atoms with van der Waals surface area (Å²) in [4.78, 5) is 11.8. The molecule has 0 saturated heterocycles. The van der Waals surface area contributed by atoms with Crippen LogP contribution in [0.15, 0.2) is 24.3 Å². The Morgan fingerprint density at radius 1 is 1.30 bits per heavy atom. The minimum absolute atomic E-state index is 0.216. The number of rotatable bonds is 7. The first kappa shape index (κ1) is 16.4. The first-order valence-corrected chi connectivity index (χ1v) is 6.05. The van der Waals surface area contributed by atoms with E-state index in [1.54, 1.807) is 25.2 Å². The summed E-state index contributed by atoms with van der Waals surface area (Å²) in [6.45, 7) is -0.776. The van der Waals surface area contributed by atoms with Crippen LogP contribution in [0.2, 0.25) is 0 Å². The molecule has 2 N–H and O–H groups in total. The van der Waals surface area contributed by atoms with Crippen LogP contribution in [0.25, 0.3) is 0 Å². The molecule has 1 aromatic rings. The van der Waals surface area contributed by atoms with E-state index < -0.39 is 24.8 Å². The Hall–Kier alpha value is -1.63. The molecule has 1 rings (SSSR count). The maximum absolute atomic E-state index is 12.8. The number of amides is 1. The Labute approximate surface area is 114 Å². The molecule has 0 unspecified atom stereocenters. The van der Waals surface area contributed by atoms with Gasteiger partial charge in [-0.1, -0.05) is 18.2 Å². The Bertz CT molecular complexity index is 452. The lowest BCUT2D eigenvalue weighted by molar-refractivity contribution is -0.123. The smallest absolute Gasteiger partial charge is 0.324 e. The fourth-order valence-electron chi connectivity index (χ4n) is 1.59. The third kappa shape index (κ3) is 4.48. The van der Waals surface area contributed by atoms with E-state index in [9.17, 15) is 22.4 Å². The van der Waals surface area contributed by atoms with Gasteiger partial charge in [0.1, 0.15) is 0 Å². The molecular weight excluding hydrogens is 276 g/mol. The van der Waals surface area contributed by atoms with E-state index in [-0.39, 0.29) is 5.56 Å². The van der Waals surface area contributed by atoms with E-state index in [2.05, 4.69) is 5.32 Å². The van der Waals surface area contributed by atoms with Crippen LogP contribution in [0.3, 0.4) is 0 Å². The minimum atomic E-state index is -4.23. The predicted octanol–water partition coefficient (Wildman–Crippen LogP) is 2.08. The molecule has 3 nitrogen and oxygen atoms in total. The van der Waals surface area contributed by atoms with Crippen molar-refractivity contribution in [2.24, 2.45) is 0 Å². The molecule has 0 radical (unpaired) electrons. The summed E-state index contributed by atoms with van der Waals surface area (Å²) in [5.74, 6) is -5.01. The van der Waals surface area contributed by atoms with Gasteiger partial charge in [0.25, 0.3) is 5.91 Å². The van der Waals surface area contributed by atoms with Crippen LogP contribution in [-0.4, -0.2) is 38.4 Å². The molecule has 0 fully saturated rings. The van der Waals surface area contributed by atoms with E-state index in [1.165, 1.54) is 6.07 Å². The van der Waals surface area contributed by atoms with Crippen molar-refractivity contribution in [3.8, 4) is 0 Å². The van der Waals surface area contributed by atoms with Gasteiger partial charge < -0.3 is 10.6 Å². The molecule has 0 saturated carbocycles. The number of likely N-dealkylation sites (N-methyl/N-ethyl adjacent to an activating group) is 1. The highest BCUT2D eigenvalue weighted by Crippen LogP contribution is 2.21. The second kappa shape index (κ2) is 7.23. The van der Waals surface area contributed by atoms with Gasteiger partial charge in [0.2, 0.25) is 0 Å². The number of hydrogen-bond donors (Lipinski definition) is 2. The zero-order valence-electron chi connectivity index (χ0n) is 10.9. The molecule has 0 aromatic heterocycles. The van der Waals surface area contributed by atoms with Gasteiger partial charge >= 0.3 is 12.3 Å². The summed E-state index contributed by atoms with van der Waals surface area (Å²) >= 11 is 0. The lowest BCUT2D eigenvalue weighted by Crippen LogP contribution is -2.41. The number of carbonyl (C=O) groups excluding carboxylic acids is 1. The number of halogens is 4. The van der Waals surface area contributed by atoms with Gasteiger partial charge in [-0.15, -0.1) is 0 Å². The molecule has 0 spiro atoms. The first-order valence-electron chi connectivity index (χ1n) is 6.05. The molecule has 7 heteroatoms. The minimum Gasteiger partial charge on any atom is -0.346 e. The predicted molar refractivity (Wildman–Crippen MR) is 67.4 cm³/mol. The average molecular weight is 292 g/mol. The fourth-order valence-corrected chi connectivity index (χ4v) is 1.59. The van der Waals surface area contributed by atoms with E-state index in [4.69, 9.17) is 0 Å². The fraction of sp³-hybridized carbons (Fsp3) is 0.462. The summed E-state index contributed by atoms with van der Waals surface area (Å²) in [5.41, 5.74) is 0.882. The van der Waals surface area contributed by atoms with Crippen molar-refractivity contribution in [2.75, 3.05) is 20.1 Å². The van der Waals surface area contributed by atoms with Gasteiger partial charge in [-0.25, -0.2) is 8.78 Å².